The van der Waals surface area contributed by atoms with Gasteiger partial charge in [0.2, 0.25) is 0 Å². The molecule has 3 heteroatoms. The molecule has 1 saturated carbocycles. The molecule has 3 N–H and O–H groups in total. The molecular weight excluding hydrogens is 162 g/mol. The highest BCUT2D eigenvalue weighted by Gasteiger charge is 2.37. The van der Waals surface area contributed by atoms with Gasteiger partial charge in [-0.2, -0.15) is 0 Å². The third-order valence-electron chi connectivity index (χ3n) is 3.50. The Kier molecular flexibility index (Phi) is 2.18. The van der Waals surface area contributed by atoms with Crippen molar-refractivity contribution in [2.45, 2.75) is 44.6 Å². The molecule has 0 aromatic carbocycles. The summed E-state index contributed by atoms with van der Waals surface area (Å²) in [5.41, 5.74) is 5.81. The Hall–Kier alpha value is -0.730. The normalized spacial score (nSPS) is 35.6. The molecule has 0 aromatic rings. The number of rotatable bonds is 1. The fraction of sp³-hybridized carbons (Fsp3) is 0.900. The van der Waals surface area contributed by atoms with Crippen LogP contribution in [0.1, 0.15) is 39.0 Å². The summed E-state index contributed by atoms with van der Waals surface area (Å²) in [6.07, 6.45) is 6.84. The first-order chi connectivity index (χ1) is 6.21. The number of hydrogen-bond acceptors (Lipinski definition) is 3. The Morgan fingerprint density at radius 1 is 1.38 bits per heavy atom. The molecule has 1 fully saturated rings. The second kappa shape index (κ2) is 3.20. The molecule has 13 heavy (non-hydrogen) atoms. The van der Waals surface area contributed by atoms with Crippen molar-refractivity contribution in [3.05, 3.63) is 0 Å². The molecule has 1 heterocycles. The van der Waals surface area contributed by atoms with E-state index in [0.29, 0.717) is 5.96 Å². The van der Waals surface area contributed by atoms with E-state index in [1.54, 1.807) is 0 Å². The summed E-state index contributed by atoms with van der Waals surface area (Å²) >= 11 is 0. The van der Waals surface area contributed by atoms with Crippen molar-refractivity contribution in [3.63, 3.8) is 0 Å². The van der Waals surface area contributed by atoms with Crippen LogP contribution in [0.2, 0.25) is 0 Å². The van der Waals surface area contributed by atoms with Crippen molar-refractivity contribution in [2.24, 2.45) is 16.6 Å². The molecule has 1 atom stereocenters. The van der Waals surface area contributed by atoms with E-state index in [1.165, 1.54) is 32.1 Å². The molecule has 1 aliphatic carbocycles. The standard InChI is InChI=1S/C10H19N3/c1-10(7-12-9(11)13-10)8-5-3-2-4-6-8/h8H,2-7H2,1H3,(H3,11,12,13). The van der Waals surface area contributed by atoms with Crippen molar-refractivity contribution in [2.75, 3.05) is 6.54 Å². The van der Waals surface area contributed by atoms with Gasteiger partial charge in [-0.05, 0) is 25.7 Å². The van der Waals surface area contributed by atoms with Gasteiger partial charge < -0.3 is 11.1 Å². The summed E-state index contributed by atoms with van der Waals surface area (Å²) in [7, 11) is 0. The molecule has 1 unspecified atom stereocenters. The van der Waals surface area contributed by atoms with Gasteiger partial charge in [0.15, 0.2) is 5.96 Å². The minimum atomic E-state index is 0.157. The van der Waals surface area contributed by atoms with Crippen LogP contribution in [0, 0.1) is 5.92 Å². The molecule has 0 spiro atoms. The number of nitrogens with two attached hydrogens (primary N) is 1. The molecule has 3 nitrogen and oxygen atoms in total. The lowest BCUT2D eigenvalue weighted by Gasteiger charge is -2.36. The molecule has 2 rings (SSSR count). The van der Waals surface area contributed by atoms with Crippen LogP contribution in [0.15, 0.2) is 4.99 Å². The van der Waals surface area contributed by atoms with Gasteiger partial charge in [-0.1, -0.05) is 19.3 Å². The van der Waals surface area contributed by atoms with E-state index in [9.17, 15) is 0 Å². The van der Waals surface area contributed by atoms with Crippen LogP contribution >= 0.6 is 0 Å². The third-order valence-corrected chi connectivity index (χ3v) is 3.50. The van der Waals surface area contributed by atoms with Gasteiger partial charge in [0.25, 0.3) is 0 Å². The zero-order valence-corrected chi connectivity index (χ0v) is 8.34. The van der Waals surface area contributed by atoms with Gasteiger partial charge in [0.05, 0.1) is 12.1 Å². The van der Waals surface area contributed by atoms with E-state index >= 15 is 0 Å². The first kappa shape index (κ1) is 8.85. The molecule has 1 aliphatic heterocycles. The van der Waals surface area contributed by atoms with Crippen LogP contribution in [0.5, 0.6) is 0 Å². The summed E-state index contributed by atoms with van der Waals surface area (Å²) in [4.78, 5) is 4.25. The van der Waals surface area contributed by atoms with Crippen LogP contribution in [0.25, 0.3) is 0 Å². The molecule has 0 saturated heterocycles. The molecule has 2 aliphatic rings. The Balaban J connectivity index is 1.99. The summed E-state index contributed by atoms with van der Waals surface area (Å²) in [5.74, 6) is 1.40. The summed E-state index contributed by atoms with van der Waals surface area (Å²) in [5, 5.41) is 3.33. The minimum absolute atomic E-state index is 0.157. The second-order valence-electron chi connectivity index (χ2n) is 4.58. The van der Waals surface area contributed by atoms with E-state index in [1.807, 2.05) is 0 Å². The van der Waals surface area contributed by atoms with Crippen LogP contribution in [0.3, 0.4) is 0 Å². The van der Waals surface area contributed by atoms with Crippen LogP contribution in [-0.4, -0.2) is 18.0 Å². The monoisotopic (exact) mass is 181 g/mol. The van der Waals surface area contributed by atoms with E-state index < -0.39 is 0 Å². The number of hydrogen-bond donors (Lipinski definition) is 2. The first-order valence-electron chi connectivity index (χ1n) is 5.29. The van der Waals surface area contributed by atoms with Crippen molar-refractivity contribution in [1.82, 2.24) is 5.32 Å². The molecule has 0 amide bonds. The summed E-state index contributed by atoms with van der Waals surface area (Å²) < 4.78 is 0. The lowest BCUT2D eigenvalue weighted by molar-refractivity contribution is 0.217. The maximum atomic E-state index is 5.66. The van der Waals surface area contributed by atoms with E-state index in [0.717, 1.165) is 12.5 Å². The van der Waals surface area contributed by atoms with Crippen LogP contribution < -0.4 is 11.1 Å². The molecule has 0 bridgehead atoms. The van der Waals surface area contributed by atoms with E-state index in [-0.39, 0.29) is 5.54 Å². The zero-order valence-electron chi connectivity index (χ0n) is 8.34. The van der Waals surface area contributed by atoms with Crippen LogP contribution in [-0.2, 0) is 0 Å². The van der Waals surface area contributed by atoms with Gasteiger partial charge in [-0.15, -0.1) is 0 Å². The van der Waals surface area contributed by atoms with Gasteiger partial charge in [0, 0.05) is 0 Å². The highest BCUT2D eigenvalue weighted by molar-refractivity contribution is 5.80. The van der Waals surface area contributed by atoms with Crippen molar-refractivity contribution < 1.29 is 0 Å². The number of nitrogens with one attached hydrogen (secondary N) is 1. The Labute approximate surface area is 79.8 Å². The topological polar surface area (TPSA) is 50.4 Å². The maximum absolute atomic E-state index is 5.66. The van der Waals surface area contributed by atoms with Crippen molar-refractivity contribution in [1.29, 1.82) is 0 Å². The van der Waals surface area contributed by atoms with Crippen LogP contribution in [0.4, 0.5) is 0 Å². The number of nitrogens with zero attached hydrogens (tertiary/aromatic N) is 1. The molecule has 0 radical (unpaired) electrons. The number of aliphatic imine (C=N–C) groups is 1. The summed E-state index contributed by atoms with van der Waals surface area (Å²) in [6, 6.07) is 0. The maximum Gasteiger partial charge on any atom is 0.189 e. The fourth-order valence-corrected chi connectivity index (χ4v) is 2.59. The van der Waals surface area contributed by atoms with Crippen molar-refractivity contribution >= 4 is 5.96 Å². The molecular formula is C10H19N3. The SMILES string of the molecule is CC1(C2CCCCC2)CN=C(N)N1. The predicted octanol–water partition coefficient (Wildman–Crippen LogP) is 1.24. The summed E-state index contributed by atoms with van der Waals surface area (Å²) in [6.45, 7) is 3.12. The minimum Gasteiger partial charge on any atom is -0.370 e. The average molecular weight is 181 g/mol. The fourth-order valence-electron chi connectivity index (χ4n) is 2.59. The average Bonchev–Trinajstić information content (AvgIpc) is 2.49. The van der Waals surface area contributed by atoms with Gasteiger partial charge in [-0.3, -0.25) is 4.99 Å². The van der Waals surface area contributed by atoms with Gasteiger partial charge >= 0.3 is 0 Å². The van der Waals surface area contributed by atoms with Crippen molar-refractivity contribution in [3.8, 4) is 0 Å². The zero-order chi connectivity index (χ0) is 9.31. The second-order valence-corrected chi connectivity index (χ2v) is 4.58. The lowest BCUT2D eigenvalue weighted by Crippen LogP contribution is -2.51. The Morgan fingerprint density at radius 3 is 2.62 bits per heavy atom. The smallest absolute Gasteiger partial charge is 0.189 e. The third kappa shape index (κ3) is 1.64. The number of guanidine groups is 1. The van der Waals surface area contributed by atoms with E-state index in [4.69, 9.17) is 5.73 Å². The predicted molar refractivity (Wildman–Crippen MR) is 54.6 cm³/mol. The lowest BCUT2D eigenvalue weighted by atomic mass is 9.76. The van der Waals surface area contributed by atoms with E-state index in [2.05, 4.69) is 17.2 Å². The Morgan fingerprint density at radius 2 is 2.08 bits per heavy atom. The highest BCUT2D eigenvalue weighted by Crippen LogP contribution is 2.33. The highest BCUT2D eigenvalue weighted by atomic mass is 15.2. The molecule has 0 aromatic heterocycles. The molecule has 74 valence electrons. The Bertz CT molecular complexity index is 218. The van der Waals surface area contributed by atoms with Gasteiger partial charge in [-0.25, -0.2) is 0 Å². The van der Waals surface area contributed by atoms with Gasteiger partial charge in [0.1, 0.15) is 0 Å². The largest absolute Gasteiger partial charge is 0.370 e. The quantitative estimate of drug-likeness (QED) is 0.639. The first-order valence-corrected chi connectivity index (χ1v) is 5.29.